The van der Waals surface area contributed by atoms with Crippen molar-refractivity contribution in [1.82, 2.24) is 15.2 Å². The molecule has 0 amide bonds. The first-order valence-electron chi connectivity index (χ1n) is 7.30. The standard InChI is InChI=1S/C13H23ClN4O2S/c1-3-18-11(13(14)9(2)17-18)8-10(16-15)12-6-4-5-7-21(12,19)20/h10,12,16H,3-8,15H2,1-2H3. The van der Waals surface area contributed by atoms with Gasteiger partial charge in [-0.2, -0.15) is 5.10 Å². The zero-order chi connectivity index (χ0) is 15.6. The van der Waals surface area contributed by atoms with Crippen LogP contribution in [0.4, 0.5) is 0 Å². The van der Waals surface area contributed by atoms with Crippen molar-refractivity contribution in [2.24, 2.45) is 5.84 Å². The second-order valence-corrected chi connectivity index (χ2v) is 8.26. The molecule has 2 unspecified atom stereocenters. The largest absolute Gasteiger partial charge is 0.271 e. The molecule has 1 aliphatic rings. The average molecular weight is 335 g/mol. The van der Waals surface area contributed by atoms with E-state index in [4.69, 9.17) is 17.4 Å². The lowest BCUT2D eigenvalue weighted by molar-refractivity contribution is 0.430. The number of nitrogens with one attached hydrogen (secondary N) is 1. The fraction of sp³-hybridized carbons (Fsp3) is 0.769. The first-order valence-corrected chi connectivity index (χ1v) is 9.39. The highest BCUT2D eigenvalue weighted by atomic mass is 35.5. The Morgan fingerprint density at radius 3 is 2.81 bits per heavy atom. The van der Waals surface area contributed by atoms with E-state index in [0.29, 0.717) is 24.4 Å². The fourth-order valence-electron chi connectivity index (χ4n) is 3.00. The summed E-state index contributed by atoms with van der Waals surface area (Å²) in [5.41, 5.74) is 4.29. The third-order valence-corrected chi connectivity index (χ3v) is 6.99. The number of hydrogen-bond acceptors (Lipinski definition) is 5. The van der Waals surface area contributed by atoms with E-state index in [1.54, 1.807) is 0 Å². The molecule has 0 saturated carbocycles. The normalized spacial score (nSPS) is 23.1. The van der Waals surface area contributed by atoms with Crippen LogP contribution in [0.3, 0.4) is 0 Å². The predicted octanol–water partition coefficient (Wildman–Crippen LogP) is 1.21. The summed E-state index contributed by atoms with van der Waals surface area (Å²) in [6.45, 7) is 4.52. The molecule has 1 aromatic rings. The molecule has 0 spiro atoms. The summed E-state index contributed by atoms with van der Waals surface area (Å²) >= 11 is 6.30. The molecule has 0 aliphatic carbocycles. The van der Waals surface area contributed by atoms with E-state index in [2.05, 4.69) is 10.5 Å². The predicted molar refractivity (Wildman–Crippen MR) is 83.9 cm³/mol. The Balaban J connectivity index is 2.27. The summed E-state index contributed by atoms with van der Waals surface area (Å²) in [4.78, 5) is 0. The van der Waals surface area contributed by atoms with E-state index >= 15 is 0 Å². The Morgan fingerprint density at radius 1 is 1.52 bits per heavy atom. The van der Waals surface area contributed by atoms with Crippen LogP contribution in [0.15, 0.2) is 0 Å². The Kier molecular flexibility index (Phi) is 5.29. The smallest absolute Gasteiger partial charge is 0.154 e. The third-order valence-electron chi connectivity index (χ3n) is 4.16. The molecule has 0 radical (unpaired) electrons. The minimum Gasteiger partial charge on any atom is -0.271 e. The molecule has 1 fully saturated rings. The van der Waals surface area contributed by atoms with Crippen molar-refractivity contribution in [3.05, 3.63) is 16.4 Å². The molecule has 120 valence electrons. The minimum absolute atomic E-state index is 0.246. The van der Waals surface area contributed by atoms with Crippen LogP contribution in [0.25, 0.3) is 0 Å². The number of aryl methyl sites for hydroxylation is 2. The Hall–Kier alpha value is -0.630. The average Bonchev–Trinajstić information content (AvgIpc) is 2.72. The number of hydrazine groups is 1. The van der Waals surface area contributed by atoms with Crippen molar-refractivity contribution < 1.29 is 8.42 Å². The molecule has 3 N–H and O–H groups in total. The van der Waals surface area contributed by atoms with Crippen molar-refractivity contribution in [2.45, 2.75) is 57.4 Å². The Bertz CT molecular complexity index is 600. The van der Waals surface area contributed by atoms with Gasteiger partial charge in [-0.25, -0.2) is 8.42 Å². The van der Waals surface area contributed by atoms with Gasteiger partial charge < -0.3 is 0 Å². The maximum Gasteiger partial charge on any atom is 0.154 e. The van der Waals surface area contributed by atoms with Gasteiger partial charge in [0.1, 0.15) is 0 Å². The molecule has 1 saturated heterocycles. The van der Waals surface area contributed by atoms with Gasteiger partial charge in [0.2, 0.25) is 0 Å². The molecule has 0 bridgehead atoms. The Morgan fingerprint density at radius 2 is 2.24 bits per heavy atom. The number of nitrogens with two attached hydrogens (primary N) is 1. The lowest BCUT2D eigenvalue weighted by Crippen LogP contribution is -2.50. The lowest BCUT2D eigenvalue weighted by Gasteiger charge is -2.29. The van der Waals surface area contributed by atoms with Gasteiger partial charge in [0.15, 0.2) is 9.84 Å². The fourth-order valence-corrected chi connectivity index (χ4v) is 5.32. The van der Waals surface area contributed by atoms with E-state index in [0.717, 1.165) is 24.2 Å². The molecular formula is C13H23ClN4O2S. The van der Waals surface area contributed by atoms with Gasteiger partial charge in [0.05, 0.1) is 27.4 Å². The van der Waals surface area contributed by atoms with E-state index in [1.165, 1.54) is 0 Å². The number of hydrogen-bond donors (Lipinski definition) is 2. The molecule has 0 aromatic carbocycles. The van der Waals surface area contributed by atoms with Crippen LogP contribution >= 0.6 is 11.6 Å². The van der Waals surface area contributed by atoms with Crippen LogP contribution in [0.1, 0.15) is 37.6 Å². The molecule has 2 rings (SSSR count). The molecule has 2 atom stereocenters. The molecule has 21 heavy (non-hydrogen) atoms. The van der Waals surface area contributed by atoms with E-state index in [1.807, 2.05) is 18.5 Å². The number of aromatic nitrogens is 2. The van der Waals surface area contributed by atoms with Crippen LogP contribution in [-0.4, -0.2) is 35.2 Å². The monoisotopic (exact) mass is 334 g/mol. The highest BCUT2D eigenvalue weighted by molar-refractivity contribution is 7.92. The van der Waals surface area contributed by atoms with Gasteiger partial charge in [-0.3, -0.25) is 16.0 Å². The number of halogens is 1. The minimum atomic E-state index is -3.10. The van der Waals surface area contributed by atoms with Crippen molar-refractivity contribution in [1.29, 1.82) is 0 Å². The molecule has 2 heterocycles. The van der Waals surface area contributed by atoms with Crippen molar-refractivity contribution >= 4 is 21.4 Å². The third kappa shape index (κ3) is 3.41. The van der Waals surface area contributed by atoms with E-state index in [-0.39, 0.29) is 11.8 Å². The molecule has 1 aromatic heterocycles. The molecular weight excluding hydrogens is 312 g/mol. The highest BCUT2D eigenvalue weighted by Gasteiger charge is 2.36. The van der Waals surface area contributed by atoms with Crippen molar-refractivity contribution in [3.63, 3.8) is 0 Å². The quantitative estimate of drug-likeness (QED) is 0.624. The van der Waals surface area contributed by atoms with Gasteiger partial charge in [-0.1, -0.05) is 18.0 Å². The maximum atomic E-state index is 12.3. The molecule has 6 nitrogen and oxygen atoms in total. The van der Waals surface area contributed by atoms with Crippen LogP contribution in [0, 0.1) is 6.92 Å². The van der Waals surface area contributed by atoms with Crippen LogP contribution in [0.5, 0.6) is 0 Å². The number of sulfone groups is 1. The Labute approximate surface area is 130 Å². The summed E-state index contributed by atoms with van der Waals surface area (Å²) in [7, 11) is -3.10. The summed E-state index contributed by atoms with van der Waals surface area (Å²) in [5.74, 6) is 5.88. The zero-order valence-corrected chi connectivity index (χ0v) is 14.0. The highest BCUT2D eigenvalue weighted by Crippen LogP contribution is 2.27. The number of rotatable bonds is 5. The first kappa shape index (κ1) is 16.7. The topological polar surface area (TPSA) is 90.0 Å². The summed E-state index contributed by atoms with van der Waals surface area (Å²) in [6, 6.07) is -0.339. The van der Waals surface area contributed by atoms with Gasteiger partial charge >= 0.3 is 0 Å². The van der Waals surface area contributed by atoms with Crippen LogP contribution in [-0.2, 0) is 22.8 Å². The first-order chi connectivity index (χ1) is 9.90. The summed E-state index contributed by atoms with van der Waals surface area (Å²) in [5, 5.41) is 4.52. The van der Waals surface area contributed by atoms with E-state index < -0.39 is 15.1 Å². The SMILES string of the molecule is CCn1nc(C)c(Cl)c1CC(NN)C1CCCCS1(=O)=O. The second-order valence-electron chi connectivity index (χ2n) is 5.54. The van der Waals surface area contributed by atoms with Gasteiger partial charge in [-0.15, -0.1) is 0 Å². The summed E-state index contributed by atoms with van der Waals surface area (Å²) in [6.07, 6.45) is 2.77. The maximum absolute atomic E-state index is 12.3. The van der Waals surface area contributed by atoms with Crippen molar-refractivity contribution in [3.8, 4) is 0 Å². The molecule has 1 aliphatic heterocycles. The van der Waals surface area contributed by atoms with Crippen LogP contribution in [0.2, 0.25) is 5.02 Å². The lowest BCUT2D eigenvalue weighted by atomic mass is 10.0. The second kappa shape index (κ2) is 6.64. The molecule has 8 heteroatoms. The summed E-state index contributed by atoms with van der Waals surface area (Å²) < 4.78 is 26.3. The van der Waals surface area contributed by atoms with Crippen molar-refractivity contribution in [2.75, 3.05) is 5.75 Å². The van der Waals surface area contributed by atoms with Gasteiger partial charge in [-0.05, 0) is 26.7 Å². The van der Waals surface area contributed by atoms with Crippen LogP contribution < -0.4 is 11.3 Å². The van der Waals surface area contributed by atoms with Gasteiger partial charge in [0.25, 0.3) is 0 Å². The number of nitrogens with zero attached hydrogens (tertiary/aromatic N) is 2. The van der Waals surface area contributed by atoms with E-state index in [9.17, 15) is 8.42 Å². The van der Waals surface area contributed by atoms with Gasteiger partial charge in [0, 0.05) is 19.0 Å². The zero-order valence-electron chi connectivity index (χ0n) is 12.5.